The Morgan fingerprint density at radius 3 is 3.00 bits per heavy atom. The third-order valence-electron chi connectivity index (χ3n) is 4.69. The van der Waals surface area contributed by atoms with Crippen LogP contribution in [0, 0.1) is 5.41 Å². The second-order valence-corrected chi connectivity index (χ2v) is 5.73. The molecular formula is C14H24Cl2N4O2. The molecule has 0 aromatic carbocycles. The van der Waals surface area contributed by atoms with Gasteiger partial charge in [-0.2, -0.15) is 4.98 Å². The van der Waals surface area contributed by atoms with Crippen LogP contribution in [-0.2, 0) is 0 Å². The number of anilines is 1. The van der Waals surface area contributed by atoms with Gasteiger partial charge in [0.25, 0.3) is 0 Å². The van der Waals surface area contributed by atoms with E-state index in [2.05, 4.69) is 20.2 Å². The van der Waals surface area contributed by atoms with E-state index in [1.165, 1.54) is 0 Å². The molecule has 3 heterocycles. The van der Waals surface area contributed by atoms with Crippen molar-refractivity contribution in [1.29, 1.82) is 0 Å². The zero-order valence-electron chi connectivity index (χ0n) is 12.7. The SMILES string of the molecule is COc1ccnc(N2CC[C@@]3(CO)CCCN[C@@H]3C2)n1.Cl.Cl. The first kappa shape index (κ1) is 19.2. The lowest BCUT2D eigenvalue weighted by molar-refractivity contribution is 0.0335. The third-order valence-corrected chi connectivity index (χ3v) is 4.69. The fourth-order valence-corrected chi connectivity index (χ4v) is 3.38. The van der Waals surface area contributed by atoms with Crippen molar-refractivity contribution < 1.29 is 9.84 Å². The number of methoxy groups -OCH3 is 1. The molecule has 0 amide bonds. The summed E-state index contributed by atoms with van der Waals surface area (Å²) in [6.45, 7) is 3.01. The smallest absolute Gasteiger partial charge is 0.228 e. The number of piperidine rings is 2. The highest BCUT2D eigenvalue weighted by Gasteiger charge is 2.44. The Balaban J connectivity index is 0.00000121. The van der Waals surface area contributed by atoms with Crippen LogP contribution in [0.5, 0.6) is 5.88 Å². The molecule has 2 fully saturated rings. The number of hydrogen-bond acceptors (Lipinski definition) is 6. The number of halogens is 2. The molecule has 2 aliphatic rings. The molecule has 0 radical (unpaired) electrons. The Kier molecular flexibility index (Phi) is 7.12. The number of ether oxygens (including phenoxy) is 1. The average molecular weight is 351 g/mol. The zero-order chi connectivity index (χ0) is 14.0. The molecule has 0 unspecified atom stereocenters. The molecule has 2 aliphatic heterocycles. The maximum Gasteiger partial charge on any atom is 0.228 e. The van der Waals surface area contributed by atoms with E-state index in [0.29, 0.717) is 17.9 Å². The maximum atomic E-state index is 9.81. The van der Waals surface area contributed by atoms with E-state index in [0.717, 1.165) is 38.9 Å². The molecule has 126 valence electrons. The van der Waals surface area contributed by atoms with Crippen molar-refractivity contribution in [2.45, 2.75) is 25.3 Å². The van der Waals surface area contributed by atoms with Crippen LogP contribution in [-0.4, -0.2) is 54.5 Å². The van der Waals surface area contributed by atoms with Crippen molar-refractivity contribution in [2.24, 2.45) is 5.41 Å². The molecular weight excluding hydrogens is 327 g/mol. The first-order valence-electron chi connectivity index (χ1n) is 7.24. The van der Waals surface area contributed by atoms with Crippen LogP contribution in [0.3, 0.4) is 0 Å². The normalized spacial score (nSPS) is 27.2. The number of rotatable bonds is 3. The van der Waals surface area contributed by atoms with E-state index in [1.54, 1.807) is 19.4 Å². The van der Waals surface area contributed by atoms with Crippen molar-refractivity contribution in [2.75, 3.05) is 38.3 Å². The monoisotopic (exact) mass is 350 g/mol. The van der Waals surface area contributed by atoms with Crippen molar-refractivity contribution in [3.63, 3.8) is 0 Å². The number of aromatic nitrogens is 2. The average Bonchev–Trinajstić information content (AvgIpc) is 2.54. The molecule has 1 aromatic heterocycles. The van der Waals surface area contributed by atoms with Gasteiger partial charge in [-0.3, -0.25) is 0 Å². The first-order valence-corrected chi connectivity index (χ1v) is 7.24. The Labute approximate surface area is 143 Å². The Bertz CT molecular complexity index is 480. The van der Waals surface area contributed by atoms with Crippen molar-refractivity contribution in [1.82, 2.24) is 15.3 Å². The van der Waals surface area contributed by atoms with Crippen molar-refractivity contribution >= 4 is 30.8 Å². The second kappa shape index (κ2) is 8.15. The van der Waals surface area contributed by atoms with Crippen LogP contribution in [0.2, 0.25) is 0 Å². The summed E-state index contributed by atoms with van der Waals surface area (Å²) in [4.78, 5) is 10.9. The molecule has 22 heavy (non-hydrogen) atoms. The van der Waals surface area contributed by atoms with Crippen molar-refractivity contribution in [3.8, 4) is 5.88 Å². The minimum absolute atomic E-state index is 0. The highest BCUT2D eigenvalue weighted by Crippen LogP contribution is 2.38. The Hall–Kier alpha value is -0.820. The van der Waals surface area contributed by atoms with E-state index in [4.69, 9.17) is 4.74 Å². The first-order chi connectivity index (χ1) is 9.77. The lowest BCUT2D eigenvalue weighted by Crippen LogP contribution is -2.61. The van der Waals surface area contributed by atoms with Gasteiger partial charge in [-0.1, -0.05) is 0 Å². The molecule has 8 heteroatoms. The molecule has 0 aliphatic carbocycles. The zero-order valence-corrected chi connectivity index (χ0v) is 14.3. The summed E-state index contributed by atoms with van der Waals surface area (Å²) in [6.07, 6.45) is 4.95. The van der Waals surface area contributed by atoms with E-state index in [1.807, 2.05) is 0 Å². The summed E-state index contributed by atoms with van der Waals surface area (Å²) in [5.74, 6) is 1.30. The highest BCUT2D eigenvalue weighted by molar-refractivity contribution is 5.85. The number of fused-ring (bicyclic) bond motifs is 1. The predicted molar refractivity (Wildman–Crippen MR) is 90.5 cm³/mol. The number of hydrogen-bond donors (Lipinski definition) is 2. The highest BCUT2D eigenvalue weighted by atomic mass is 35.5. The van der Waals surface area contributed by atoms with Crippen LogP contribution in [0.4, 0.5) is 5.95 Å². The fraction of sp³-hybridized carbons (Fsp3) is 0.714. The van der Waals surface area contributed by atoms with Gasteiger partial charge in [0.2, 0.25) is 11.8 Å². The van der Waals surface area contributed by atoms with Crippen LogP contribution < -0.4 is 15.0 Å². The van der Waals surface area contributed by atoms with Crippen LogP contribution in [0.1, 0.15) is 19.3 Å². The number of aliphatic hydroxyl groups is 1. The largest absolute Gasteiger partial charge is 0.481 e. The Morgan fingerprint density at radius 2 is 2.27 bits per heavy atom. The van der Waals surface area contributed by atoms with E-state index < -0.39 is 0 Å². The fourth-order valence-electron chi connectivity index (χ4n) is 3.38. The molecule has 1 aromatic rings. The lowest BCUT2D eigenvalue weighted by Gasteiger charge is -2.50. The van der Waals surface area contributed by atoms with Gasteiger partial charge in [-0.05, 0) is 25.8 Å². The molecule has 2 atom stereocenters. The summed E-state index contributed by atoms with van der Waals surface area (Å²) < 4.78 is 5.16. The summed E-state index contributed by atoms with van der Waals surface area (Å²) in [5.41, 5.74) is 0.0353. The standard InChI is InChI=1S/C14H22N4O2.2ClH/c1-20-12-3-7-16-13(17-12)18-8-5-14(10-19)4-2-6-15-11(14)9-18;;/h3,7,11,15,19H,2,4-6,8-10H2,1H3;2*1H/t11-,14-;;/m1../s1. The van der Waals surface area contributed by atoms with Gasteiger partial charge in [-0.25, -0.2) is 4.98 Å². The minimum atomic E-state index is 0. The lowest BCUT2D eigenvalue weighted by atomic mass is 9.70. The van der Waals surface area contributed by atoms with Gasteiger partial charge in [0.05, 0.1) is 13.7 Å². The number of aliphatic hydroxyl groups excluding tert-OH is 1. The molecule has 0 spiro atoms. The van der Waals surface area contributed by atoms with E-state index in [9.17, 15) is 5.11 Å². The molecule has 2 N–H and O–H groups in total. The van der Waals surface area contributed by atoms with Gasteiger partial charge in [0, 0.05) is 36.8 Å². The second-order valence-electron chi connectivity index (χ2n) is 5.73. The minimum Gasteiger partial charge on any atom is -0.481 e. The van der Waals surface area contributed by atoms with E-state index >= 15 is 0 Å². The summed E-state index contributed by atoms with van der Waals surface area (Å²) in [7, 11) is 1.61. The van der Waals surface area contributed by atoms with Crippen LogP contribution in [0.25, 0.3) is 0 Å². The molecule has 0 bridgehead atoms. The van der Waals surface area contributed by atoms with E-state index in [-0.39, 0.29) is 36.8 Å². The summed E-state index contributed by atoms with van der Waals surface area (Å²) in [5, 5.41) is 13.4. The quantitative estimate of drug-likeness (QED) is 0.855. The molecule has 0 saturated carbocycles. The van der Waals surface area contributed by atoms with Gasteiger partial charge in [-0.15, -0.1) is 24.8 Å². The Morgan fingerprint density at radius 1 is 1.45 bits per heavy atom. The molecule has 6 nitrogen and oxygen atoms in total. The summed E-state index contributed by atoms with van der Waals surface area (Å²) >= 11 is 0. The summed E-state index contributed by atoms with van der Waals surface area (Å²) in [6, 6.07) is 2.06. The van der Waals surface area contributed by atoms with Crippen LogP contribution in [0.15, 0.2) is 12.3 Å². The number of nitrogens with one attached hydrogen (secondary N) is 1. The van der Waals surface area contributed by atoms with Crippen molar-refractivity contribution in [3.05, 3.63) is 12.3 Å². The third kappa shape index (κ3) is 3.56. The number of nitrogens with zero attached hydrogens (tertiary/aromatic N) is 3. The molecule has 3 rings (SSSR count). The van der Waals surface area contributed by atoms with Gasteiger partial charge >= 0.3 is 0 Å². The van der Waals surface area contributed by atoms with Gasteiger partial charge < -0.3 is 20.1 Å². The predicted octanol–water partition coefficient (Wildman–Crippen LogP) is 1.27. The van der Waals surface area contributed by atoms with Gasteiger partial charge in [0.1, 0.15) is 0 Å². The maximum absolute atomic E-state index is 9.81. The van der Waals surface area contributed by atoms with Crippen LogP contribution >= 0.6 is 24.8 Å². The van der Waals surface area contributed by atoms with Gasteiger partial charge in [0.15, 0.2) is 0 Å². The topological polar surface area (TPSA) is 70.5 Å². The molecule has 2 saturated heterocycles.